The molecule has 2 aliphatic rings. The zero-order valence-corrected chi connectivity index (χ0v) is 19.1. The van der Waals surface area contributed by atoms with E-state index in [0.717, 1.165) is 12.1 Å². The number of benzene rings is 1. The van der Waals surface area contributed by atoms with Gasteiger partial charge >= 0.3 is 6.85 Å². The Bertz CT molecular complexity index is 844. The Balaban J connectivity index is 1.62. The van der Waals surface area contributed by atoms with Crippen molar-refractivity contribution in [2.75, 3.05) is 6.54 Å². The van der Waals surface area contributed by atoms with Crippen LogP contribution in [0, 0.1) is 17.1 Å². The number of ether oxygens (including phenoxy) is 1. The van der Waals surface area contributed by atoms with Crippen LogP contribution in [0.4, 0.5) is 0 Å². The average molecular weight is 424 g/mol. The second kappa shape index (κ2) is 9.41. The van der Waals surface area contributed by atoms with Crippen molar-refractivity contribution in [1.82, 2.24) is 15.9 Å². The first-order valence-electron chi connectivity index (χ1n) is 11.1. The number of epoxide rings is 1. The van der Waals surface area contributed by atoms with Crippen LogP contribution in [0.1, 0.15) is 57.0 Å². The van der Waals surface area contributed by atoms with E-state index in [1.807, 2.05) is 26.0 Å². The number of nitrogens with one attached hydrogen (secondary N) is 3. The monoisotopic (exact) mass is 424 g/mol. The molecule has 2 unspecified atom stereocenters. The summed E-state index contributed by atoms with van der Waals surface area (Å²) in [7, 11) is 0. The number of hydrogen-bond acceptors (Lipinski definition) is 5. The highest BCUT2D eigenvalue weighted by molar-refractivity contribution is 6.67. The lowest BCUT2D eigenvalue weighted by Gasteiger charge is -2.22. The predicted octanol–water partition coefficient (Wildman–Crippen LogP) is 2.04. The molecule has 2 amide bonds. The maximum absolute atomic E-state index is 12.9. The molecule has 2 heterocycles. The minimum atomic E-state index is -0.702. The Kier molecular flexibility index (Phi) is 7.08. The topological polar surface area (TPSA) is 107 Å². The van der Waals surface area contributed by atoms with Gasteiger partial charge < -0.3 is 20.6 Å². The molecular weight excluding hydrogens is 391 g/mol. The Morgan fingerprint density at radius 2 is 1.97 bits per heavy atom. The average Bonchev–Trinajstić information content (AvgIpc) is 3.39. The molecule has 8 heteroatoms. The summed E-state index contributed by atoms with van der Waals surface area (Å²) in [5, 5.41) is 18.5. The molecule has 0 aromatic heterocycles. The Morgan fingerprint density at radius 1 is 1.29 bits per heavy atom. The summed E-state index contributed by atoms with van der Waals surface area (Å²) in [5.41, 5.74) is 1.65. The van der Waals surface area contributed by atoms with E-state index < -0.39 is 12.9 Å². The number of amides is 2. The number of hydrogen-bond donors (Lipinski definition) is 3. The van der Waals surface area contributed by atoms with Gasteiger partial charge in [-0.2, -0.15) is 0 Å². The van der Waals surface area contributed by atoms with Gasteiger partial charge in [0.2, 0.25) is 5.91 Å². The first-order valence-corrected chi connectivity index (χ1v) is 11.1. The van der Waals surface area contributed by atoms with Gasteiger partial charge in [0, 0.05) is 24.1 Å². The summed E-state index contributed by atoms with van der Waals surface area (Å²) in [6.07, 6.45) is 1.37. The van der Waals surface area contributed by atoms with E-state index in [1.165, 1.54) is 0 Å². The largest absolute Gasteiger partial charge is 0.384 e. The lowest BCUT2D eigenvalue weighted by atomic mass is 9.58. The molecule has 4 atom stereocenters. The first-order chi connectivity index (χ1) is 14.6. The lowest BCUT2D eigenvalue weighted by Crippen LogP contribution is -2.52. The molecule has 1 aromatic rings. The van der Waals surface area contributed by atoms with E-state index in [9.17, 15) is 14.9 Å². The van der Waals surface area contributed by atoms with Crippen LogP contribution >= 0.6 is 0 Å². The number of nitriles is 1. The van der Waals surface area contributed by atoms with Crippen molar-refractivity contribution in [2.24, 2.45) is 5.92 Å². The van der Waals surface area contributed by atoms with Gasteiger partial charge in [-0.1, -0.05) is 46.8 Å². The van der Waals surface area contributed by atoms with Crippen LogP contribution in [0.3, 0.4) is 0 Å². The van der Waals surface area contributed by atoms with Gasteiger partial charge in [-0.25, -0.2) is 5.26 Å². The van der Waals surface area contributed by atoms with E-state index in [-0.39, 0.29) is 41.4 Å². The van der Waals surface area contributed by atoms with Crippen molar-refractivity contribution >= 4 is 18.7 Å². The van der Waals surface area contributed by atoms with E-state index in [1.54, 1.807) is 12.1 Å². The number of fused-ring (bicyclic) bond motifs is 1. The van der Waals surface area contributed by atoms with Crippen LogP contribution in [0.5, 0.6) is 0 Å². The van der Waals surface area contributed by atoms with E-state index >= 15 is 0 Å². The van der Waals surface area contributed by atoms with Gasteiger partial charge in [-0.15, -0.1) is 0 Å². The molecule has 7 nitrogen and oxygen atoms in total. The summed E-state index contributed by atoms with van der Waals surface area (Å²) in [6.45, 7) is 10.5. The van der Waals surface area contributed by atoms with Crippen molar-refractivity contribution in [3.8, 4) is 5.97 Å². The van der Waals surface area contributed by atoms with Crippen LogP contribution in [0.25, 0.3) is 0 Å². The van der Waals surface area contributed by atoms with Gasteiger partial charge in [0.15, 0.2) is 0 Å². The molecule has 31 heavy (non-hydrogen) atoms. The third-order valence-corrected chi connectivity index (χ3v) is 5.90. The number of carbonyl (C=O) groups excluding carboxylic acids is 2. The first kappa shape index (κ1) is 23.3. The van der Waals surface area contributed by atoms with Crippen molar-refractivity contribution in [2.45, 2.75) is 77.1 Å². The zero-order chi connectivity index (χ0) is 22.8. The fourth-order valence-corrected chi connectivity index (χ4v) is 4.01. The zero-order valence-electron chi connectivity index (χ0n) is 19.1. The summed E-state index contributed by atoms with van der Waals surface area (Å²) in [5.74, 6) is 1.76. The number of nitrogens with zero attached hydrogens (tertiary/aromatic N) is 1. The van der Waals surface area contributed by atoms with E-state index in [4.69, 9.17) is 4.74 Å². The van der Waals surface area contributed by atoms with Gasteiger partial charge in [0.25, 0.3) is 5.91 Å². The predicted molar refractivity (Wildman–Crippen MR) is 121 cm³/mol. The minimum Gasteiger partial charge on any atom is -0.384 e. The molecule has 2 saturated heterocycles. The van der Waals surface area contributed by atoms with Crippen LogP contribution in [-0.4, -0.2) is 49.5 Å². The van der Waals surface area contributed by atoms with Gasteiger partial charge in [-0.3, -0.25) is 9.59 Å². The third kappa shape index (κ3) is 6.08. The van der Waals surface area contributed by atoms with E-state index in [2.05, 4.69) is 42.6 Å². The fraction of sp³-hybridized carbons (Fsp3) is 0.609. The minimum absolute atomic E-state index is 0.00107. The van der Waals surface area contributed by atoms with Crippen LogP contribution in [0.2, 0.25) is 6.32 Å². The summed E-state index contributed by atoms with van der Waals surface area (Å²) < 4.78 is 5.51. The second-order valence-electron chi connectivity index (χ2n) is 10.1. The molecule has 0 spiro atoms. The van der Waals surface area contributed by atoms with Crippen LogP contribution < -0.4 is 15.9 Å². The highest BCUT2D eigenvalue weighted by atomic mass is 16.6. The summed E-state index contributed by atoms with van der Waals surface area (Å²) >= 11 is 0. The molecule has 3 rings (SSSR count). The van der Waals surface area contributed by atoms with Crippen molar-refractivity contribution in [3.05, 3.63) is 35.4 Å². The molecule has 166 valence electrons. The summed E-state index contributed by atoms with van der Waals surface area (Å²) in [4.78, 5) is 25.7. The maximum atomic E-state index is 12.9. The highest BCUT2D eigenvalue weighted by Crippen LogP contribution is 2.32. The summed E-state index contributed by atoms with van der Waals surface area (Å²) in [6, 6.07) is 6.84. The second-order valence-corrected chi connectivity index (χ2v) is 10.1. The Morgan fingerprint density at radius 3 is 2.45 bits per heavy atom. The number of carbonyl (C=O) groups is 2. The highest BCUT2D eigenvalue weighted by Gasteiger charge is 2.51. The van der Waals surface area contributed by atoms with Crippen molar-refractivity contribution in [3.63, 3.8) is 0 Å². The van der Waals surface area contributed by atoms with Crippen LogP contribution in [-0.2, 0) is 14.9 Å². The SMILES string of the molecule is CC(C)C[C@H](NC(=O)c1ccc(C(C)(C)C)cc1)C(=O)NB(C#N)C[C@H]1NCC2OC21. The smallest absolute Gasteiger partial charge is 0.379 e. The fourth-order valence-electron chi connectivity index (χ4n) is 4.01. The molecular formula is C23H33BN4O3. The van der Waals surface area contributed by atoms with Crippen molar-refractivity contribution < 1.29 is 14.3 Å². The molecule has 0 radical (unpaired) electrons. The molecule has 3 N–H and O–H groups in total. The maximum Gasteiger partial charge on any atom is 0.379 e. The lowest BCUT2D eigenvalue weighted by molar-refractivity contribution is -0.121. The van der Waals surface area contributed by atoms with Crippen molar-refractivity contribution in [1.29, 1.82) is 5.26 Å². The molecule has 1 aromatic carbocycles. The molecule has 2 aliphatic heterocycles. The number of morpholine rings is 1. The Hall–Kier alpha value is -2.37. The van der Waals surface area contributed by atoms with Gasteiger partial charge in [-0.05, 0) is 41.8 Å². The number of rotatable bonds is 8. The van der Waals surface area contributed by atoms with Gasteiger partial charge in [0.1, 0.15) is 12.1 Å². The molecule has 0 aliphatic carbocycles. The standard InChI is InChI=1S/C23H33BN4O3/c1-14(2)10-17(27-21(29)15-6-8-16(9-7-15)23(3,4)5)22(30)28-24(13-25)11-18-20-19(31-20)12-26-18/h6-9,14,17-20,26H,10-12H2,1-5H3,(H,27,29)(H,28,30)/t17-,18+,19?,20?/m0/s1. The third-order valence-electron chi connectivity index (χ3n) is 5.90. The molecule has 0 bridgehead atoms. The molecule has 0 saturated carbocycles. The van der Waals surface area contributed by atoms with E-state index in [0.29, 0.717) is 18.3 Å². The normalized spacial score (nSPS) is 22.9. The quantitative estimate of drug-likeness (QED) is 0.438. The van der Waals surface area contributed by atoms with Gasteiger partial charge in [0.05, 0.1) is 6.10 Å². The molecule has 2 fully saturated rings. The van der Waals surface area contributed by atoms with Crippen LogP contribution in [0.15, 0.2) is 24.3 Å². The Labute approximate surface area is 185 Å².